The van der Waals surface area contributed by atoms with Crippen LogP contribution in [-0.2, 0) is 14.8 Å². The molecule has 0 amide bonds. The van der Waals surface area contributed by atoms with E-state index in [9.17, 15) is 17.2 Å². The maximum atomic E-state index is 14.6. The fourth-order valence-electron chi connectivity index (χ4n) is 3.01. The lowest BCUT2D eigenvalue weighted by Gasteiger charge is -2.31. The van der Waals surface area contributed by atoms with E-state index in [1.165, 1.54) is 13.2 Å². The van der Waals surface area contributed by atoms with Crippen molar-refractivity contribution in [2.24, 2.45) is 5.41 Å². The monoisotopic (exact) mass is 468 g/mol. The molecule has 0 aromatic carbocycles. The molecule has 1 atom stereocenters. The van der Waals surface area contributed by atoms with Crippen molar-refractivity contribution in [3.8, 4) is 11.4 Å². The van der Waals surface area contributed by atoms with Crippen molar-refractivity contribution < 1.29 is 21.9 Å². The fourth-order valence-corrected chi connectivity index (χ4v) is 4.55. The van der Waals surface area contributed by atoms with Crippen LogP contribution in [0.25, 0.3) is 22.4 Å². The molecule has 0 radical (unpaired) electrons. The largest absolute Gasteiger partial charge is 0.383 e. The first-order valence-corrected chi connectivity index (χ1v) is 11.5. The van der Waals surface area contributed by atoms with E-state index in [4.69, 9.17) is 4.74 Å². The first-order valence-electron chi connectivity index (χ1n) is 9.88. The van der Waals surface area contributed by atoms with Crippen molar-refractivity contribution in [1.82, 2.24) is 24.7 Å². The first kappa shape index (κ1) is 24.0. The molecule has 32 heavy (non-hydrogen) atoms. The quantitative estimate of drug-likeness (QED) is 0.413. The van der Waals surface area contributed by atoms with Gasteiger partial charge in [0.15, 0.2) is 17.5 Å². The summed E-state index contributed by atoms with van der Waals surface area (Å²) in [6, 6.07) is 0.603. The Morgan fingerprint density at radius 2 is 1.97 bits per heavy atom. The molecule has 0 fully saturated rings. The number of nitrogens with one attached hydrogen (secondary N) is 3. The maximum Gasteiger partial charge on any atom is 0.213 e. The van der Waals surface area contributed by atoms with Gasteiger partial charge >= 0.3 is 0 Å². The summed E-state index contributed by atoms with van der Waals surface area (Å²) in [6.45, 7) is 5.88. The molecular weight excluding hydrogens is 442 g/mol. The second-order valence-electron chi connectivity index (χ2n) is 8.37. The molecule has 3 aromatic heterocycles. The second kappa shape index (κ2) is 9.43. The Hall–Kier alpha value is -2.70. The van der Waals surface area contributed by atoms with Crippen LogP contribution in [0.4, 0.5) is 14.6 Å². The molecule has 0 aliphatic heterocycles. The zero-order valence-electron chi connectivity index (χ0n) is 18.2. The third kappa shape index (κ3) is 5.75. The molecule has 12 heteroatoms. The Morgan fingerprint density at radius 1 is 1.22 bits per heavy atom. The van der Waals surface area contributed by atoms with Gasteiger partial charge in [0.2, 0.25) is 10.0 Å². The predicted molar refractivity (Wildman–Crippen MR) is 118 cm³/mol. The maximum absolute atomic E-state index is 14.6. The number of fused-ring (bicyclic) bond motifs is 1. The van der Waals surface area contributed by atoms with E-state index in [1.54, 1.807) is 6.20 Å². The highest BCUT2D eigenvalue weighted by Gasteiger charge is 2.31. The number of sulfonamides is 1. The molecule has 0 bridgehead atoms. The molecule has 3 rings (SSSR count). The molecule has 0 saturated heterocycles. The van der Waals surface area contributed by atoms with Crippen LogP contribution in [0.1, 0.15) is 20.8 Å². The van der Waals surface area contributed by atoms with Gasteiger partial charge in [-0.3, -0.25) is 0 Å². The zero-order chi connectivity index (χ0) is 23.5. The van der Waals surface area contributed by atoms with Crippen molar-refractivity contribution in [1.29, 1.82) is 0 Å². The van der Waals surface area contributed by atoms with Gasteiger partial charge in [-0.05, 0) is 11.5 Å². The van der Waals surface area contributed by atoms with E-state index < -0.39 is 33.1 Å². The van der Waals surface area contributed by atoms with Crippen LogP contribution < -0.4 is 10.0 Å². The Balaban J connectivity index is 1.91. The number of pyridine rings is 1. The number of nitrogens with zero attached hydrogens (tertiary/aromatic N) is 3. The average molecular weight is 469 g/mol. The number of H-pyrrole nitrogens is 1. The zero-order valence-corrected chi connectivity index (χ0v) is 19.1. The van der Waals surface area contributed by atoms with Gasteiger partial charge in [-0.1, -0.05) is 20.8 Å². The minimum Gasteiger partial charge on any atom is -0.383 e. The summed E-state index contributed by atoms with van der Waals surface area (Å²) in [7, 11) is -2.20. The summed E-state index contributed by atoms with van der Waals surface area (Å²) < 4.78 is 60.5. The first-order chi connectivity index (χ1) is 15.0. The number of halogens is 2. The molecule has 0 spiro atoms. The molecule has 0 unspecified atom stereocenters. The standard InChI is InChI=1S/C20H26F2N6O3S/c1-20(2,3)16(11-32(29,30)26-5-6-31-4)27-19-15(22)10-25-18(28-19)14-9-24-17-13(14)7-12(21)8-23-17/h7-10,16,26H,5-6,11H2,1-4H3,(H,23,24)(H,25,27,28)/t16-/m1/s1. The van der Waals surface area contributed by atoms with E-state index in [0.29, 0.717) is 16.6 Å². The number of rotatable bonds is 9. The van der Waals surface area contributed by atoms with Crippen LogP contribution in [-0.4, -0.2) is 60.4 Å². The van der Waals surface area contributed by atoms with Gasteiger partial charge in [-0.2, -0.15) is 0 Å². The van der Waals surface area contributed by atoms with Gasteiger partial charge in [0.25, 0.3) is 0 Å². The fraction of sp³-hybridized carbons (Fsp3) is 0.450. The highest BCUT2D eigenvalue weighted by Crippen LogP contribution is 2.29. The lowest BCUT2D eigenvalue weighted by molar-refractivity contribution is 0.204. The Bertz CT molecular complexity index is 1190. The van der Waals surface area contributed by atoms with Crippen LogP contribution in [0.3, 0.4) is 0 Å². The van der Waals surface area contributed by atoms with Crippen LogP contribution >= 0.6 is 0 Å². The van der Waals surface area contributed by atoms with Crippen molar-refractivity contribution in [2.45, 2.75) is 26.8 Å². The Morgan fingerprint density at radius 3 is 2.66 bits per heavy atom. The number of methoxy groups -OCH3 is 1. The summed E-state index contributed by atoms with van der Waals surface area (Å²) in [4.78, 5) is 15.1. The molecule has 3 N–H and O–H groups in total. The highest BCUT2D eigenvalue weighted by atomic mass is 32.2. The van der Waals surface area contributed by atoms with Gasteiger partial charge in [-0.25, -0.2) is 36.9 Å². The van der Waals surface area contributed by atoms with Crippen LogP contribution in [0, 0.1) is 17.0 Å². The second-order valence-corrected chi connectivity index (χ2v) is 10.2. The normalized spacial score (nSPS) is 13.4. The smallest absolute Gasteiger partial charge is 0.213 e. The minimum absolute atomic E-state index is 0.132. The summed E-state index contributed by atoms with van der Waals surface area (Å²) in [5, 5.41) is 3.36. The Kier molecular flexibility index (Phi) is 7.06. The number of ether oxygens (including phenoxy) is 1. The van der Waals surface area contributed by atoms with Gasteiger partial charge in [0, 0.05) is 36.8 Å². The van der Waals surface area contributed by atoms with Gasteiger partial charge in [0.05, 0.1) is 24.8 Å². The Labute approximate surface area is 185 Å². The molecule has 3 aromatic rings. The van der Waals surface area contributed by atoms with Crippen molar-refractivity contribution in [3.05, 3.63) is 36.3 Å². The van der Waals surface area contributed by atoms with Crippen molar-refractivity contribution in [3.63, 3.8) is 0 Å². The number of aromatic amines is 1. The third-order valence-corrected chi connectivity index (χ3v) is 6.27. The van der Waals surface area contributed by atoms with E-state index >= 15 is 0 Å². The highest BCUT2D eigenvalue weighted by molar-refractivity contribution is 7.89. The molecule has 0 saturated carbocycles. The summed E-state index contributed by atoms with van der Waals surface area (Å²) in [5.41, 5.74) is 0.322. The summed E-state index contributed by atoms with van der Waals surface area (Å²) in [6.07, 6.45) is 3.62. The number of anilines is 1. The summed E-state index contributed by atoms with van der Waals surface area (Å²) >= 11 is 0. The molecule has 0 aliphatic rings. The lowest BCUT2D eigenvalue weighted by Crippen LogP contribution is -2.44. The van der Waals surface area contributed by atoms with E-state index in [0.717, 1.165) is 12.4 Å². The summed E-state index contributed by atoms with van der Waals surface area (Å²) in [5.74, 6) is -1.59. The molecule has 3 heterocycles. The van der Waals surface area contributed by atoms with E-state index in [1.807, 2.05) is 20.8 Å². The van der Waals surface area contributed by atoms with E-state index in [2.05, 4.69) is 30.0 Å². The van der Waals surface area contributed by atoms with Crippen molar-refractivity contribution in [2.75, 3.05) is 31.3 Å². The van der Waals surface area contributed by atoms with Crippen LogP contribution in [0.2, 0.25) is 0 Å². The average Bonchev–Trinajstić information content (AvgIpc) is 3.11. The lowest BCUT2D eigenvalue weighted by atomic mass is 9.88. The topological polar surface area (TPSA) is 122 Å². The predicted octanol–water partition coefficient (Wildman–Crippen LogP) is 2.69. The van der Waals surface area contributed by atoms with E-state index in [-0.39, 0.29) is 30.5 Å². The van der Waals surface area contributed by atoms with Crippen LogP contribution in [0.5, 0.6) is 0 Å². The minimum atomic E-state index is -3.67. The van der Waals surface area contributed by atoms with Gasteiger partial charge in [0.1, 0.15) is 11.5 Å². The van der Waals surface area contributed by atoms with Crippen molar-refractivity contribution >= 4 is 26.9 Å². The number of hydrogen-bond donors (Lipinski definition) is 3. The number of aromatic nitrogens is 4. The number of hydrogen-bond acceptors (Lipinski definition) is 7. The third-order valence-electron chi connectivity index (χ3n) is 4.85. The van der Waals surface area contributed by atoms with Gasteiger partial charge < -0.3 is 15.0 Å². The van der Waals surface area contributed by atoms with Gasteiger partial charge in [-0.15, -0.1) is 0 Å². The van der Waals surface area contributed by atoms with Crippen LogP contribution in [0.15, 0.2) is 24.7 Å². The molecule has 174 valence electrons. The SMILES string of the molecule is COCCNS(=O)(=O)C[C@@H](Nc1nc(-c2c[nH]c3ncc(F)cc23)ncc1F)C(C)(C)C. The molecule has 9 nitrogen and oxygen atoms in total. The molecule has 0 aliphatic carbocycles. The molecular formula is C20H26F2N6O3S.